The summed E-state index contributed by atoms with van der Waals surface area (Å²) in [5.41, 5.74) is 0. The van der Waals surface area contributed by atoms with Gasteiger partial charge in [0.25, 0.3) is 0 Å². The van der Waals surface area contributed by atoms with Crippen LogP contribution in [0.1, 0.15) is 19.8 Å². The molecule has 0 aromatic carbocycles. The fourth-order valence-corrected chi connectivity index (χ4v) is 0.766. The second-order valence-corrected chi connectivity index (χ2v) is 2.17. The molecule has 0 saturated heterocycles. The van der Waals surface area contributed by atoms with Crippen molar-refractivity contribution in [3.05, 3.63) is 0 Å². The second kappa shape index (κ2) is 5.97. The Labute approximate surface area is 66.1 Å². The maximum Gasteiger partial charge on any atom is 0.505 e. The van der Waals surface area contributed by atoms with Crippen LogP contribution in [0.2, 0.25) is 0 Å². The summed E-state index contributed by atoms with van der Waals surface area (Å²) >= 11 is 0. The maximum atomic E-state index is 9.89. The minimum atomic E-state index is -1.23. The summed E-state index contributed by atoms with van der Waals surface area (Å²) in [6, 6.07) is 0. The third kappa shape index (κ3) is 5.66. The average Bonchev–Trinajstić information content (AvgIpc) is 1.98. The Morgan fingerprint density at radius 2 is 2.27 bits per heavy atom. The van der Waals surface area contributed by atoms with Crippen molar-refractivity contribution in [1.29, 1.82) is 0 Å². The van der Waals surface area contributed by atoms with E-state index in [9.17, 15) is 4.79 Å². The lowest BCUT2D eigenvalue weighted by Gasteiger charge is -2.11. The zero-order valence-electron chi connectivity index (χ0n) is 6.87. The average molecular weight is 162 g/mol. The number of hydrogen-bond donors (Lipinski definition) is 1. The highest BCUT2D eigenvalue weighted by atomic mass is 16.7. The molecule has 4 nitrogen and oxygen atoms in total. The molecule has 0 aromatic rings. The third-order valence-corrected chi connectivity index (χ3v) is 1.45. The molecule has 0 bridgehead atoms. The molecule has 0 spiro atoms. The summed E-state index contributed by atoms with van der Waals surface area (Å²) in [4.78, 5) is 9.89. The van der Waals surface area contributed by atoms with E-state index in [2.05, 4.69) is 4.74 Å². The van der Waals surface area contributed by atoms with E-state index < -0.39 is 6.16 Å². The van der Waals surface area contributed by atoms with Crippen LogP contribution in [0.15, 0.2) is 0 Å². The smallest absolute Gasteiger partial charge is 0.450 e. The van der Waals surface area contributed by atoms with Crippen LogP contribution in [0, 0.1) is 0 Å². The molecule has 0 aliphatic carbocycles. The lowest BCUT2D eigenvalue weighted by Crippen LogP contribution is -2.13. The Morgan fingerprint density at radius 3 is 2.64 bits per heavy atom. The molecular weight excluding hydrogens is 148 g/mol. The topological polar surface area (TPSA) is 55.8 Å². The summed E-state index contributed by atoms with van der Waals surface area (Å²) in [6.45, 7) is 2.19. The number of hydrogen-bond acceptors (Lipinski definition) is 3. The molecule has 11 heavy (non-hydrogen) atoms. The first-order chi connectivity index (χ1) is 5.20. The van der Waals surface area contributed by atoms with Crippen molar-refractivity contribution < 1.29 is 19.4 Å². The van der Waals surface area contributed by atoms with Crippen molar-refractivity contribution in [1.82, 2.24) is 0 Å². The number of carbonyl (C=O) groups is 1. The van der Waals surface area contributed by atoms with Crippen LogP contribution in [0.25, 0.3) is 0 Å². The van der Waals surface area contributed by atoms with Crippen LogP contribution in [0.3, 0.4) is 0 Å². The van der Waals surface area contributed by atoms with E-state index in [-0.39, 0.29) is 12.7 Å². The van der Waals surface area contributed by atoms with Gasteiger partial charge in [-0.25, -0.2) is 4.79 Å². The highest BCUT2D eigenvalue weighted by molar-refractivity contribution is 5.56. The molecule has 0 fully saturated rings. The van der Waals surface area contributed by atoms with E-state index in [0.29, 0.717) is 6.42 Å². The molecule has 0 aliphatic rings. The number of carboxylic acid groups (broad SMARTS) is 1. The van der Waals surface area contributed by atoms with E-state index in [0.717, 1.165) is 6.42 Å². The normalized spacial score (nSPS) is 12.5. The van der Waals surface area contributed by atoms with Gasteiger partial charge in [0.1, 0.15) is 0 Å². The zero-order chi connectivity index (χ0) is 8.69. The van der Waals surface area contributed by atoms with Crippen LogP contribution < -0.4 is 0 Å². The molecule has 1 unspecified atom stereocenters. The molecule has 0 amide bonds. The van der Waals surface area contributed by atoms with Gasteiger partial charge in [-0.3, -0.25) is 0 Å². The van der Waals surface area contributed by atoms with Crippen molar-refractivity contribution in [2.45, 2.75) is 25.9 Å². The van der Waals surface area contributed by atoms with Crippen molar-refractivity contribution in [3.8, 4) is 0 Å². The Morgan fingerprint density at radius 1 is 1.64 bits per heavy atom. The Kier molecular flexibility index (Phi) is 5.56. The van der Waals surface area contributed by atoms with Crippen LogP contribution in [-0.4, -0.2) is 31.1 Å². The molecule has 0 aliphatic heterocycles. The number of ether oxygens (including phenoxy) is 2. The van der Waals surface area contributed by atoms with Gasteiger partial charge in [0.15, 0.2) is 0 Å². The highest BCUT2D eigenvalue weighted by Crippen LogP contribution is 2.01. The molecular formula is C7H14O4. The van der Waals surface area contributed by atoms with E-state index in [4.69, 9.17) is 9.84 Å². The summed E-state index contributed by atoms with van der Waals surface area (Å²) in [7, 11) is 1.61. The lowest BCUT2D eigenvalue weighted by atomic mass is 10.2. The summed E-state index contributed by atoms with van der Waals surface area (Å²) in [6.07, 6.45) is 0.379. The second-order valence-electron chi connectivity index (χ2n) is 2.17. The lowest BCUT2D eigenvalue weighted by molar-refractivity contribution is 0.0500. The summed E-state index contributed by atoms with van der Waals surface area (Å²) in [5.74, 6) is 0. The van der Waals surface area contributed by atoms with Crippen LogP contribution in [0.5, 0.6) is 0 Å². The molecule has 4 heteroatoms. The van der Waals surface area contributed by atoms with Crippen molar-refractivity contribution in [2.24, 2.45) is 0 Å². The predicted molar refractivity (Wildman–Crippen MR) is 39.7 cm³/mol. The fraction of sp³-hybridized carbons (Fsp3) is 0.857. The van der Waals surface area contributed by atoms with Crippen LogP contribution in [-0.2, 0) is 9.47 Å². The molecule has 0 radical (unpaired) electrons. The highest BCUT2D eigenvalue weighted by Gasteiger charge is 2.04. The molecule has 0 saturated carbocycles. The largest absolute Gasteiger partial charge is 0.505 e. The van der Waals surface area contributed by atoms with Crippen molar-refractivity contribution in [3.63, 3.8) is 0 Å². The predicted octanol–water partition coefficient (Wildman–Crippen LogP) is 1.50. The Balaban J connectivity index is 3.28. The molecule has 0 heterocycles. The van der Waals surface area contributed by atoms with Gasteiger partial charge in [0.05, 0.1) is 12.7 Å². The first-order valence-corrected chi connectivity index (χ1v) is 3.59. The molecule has 1 N–H and O–H groups in total. The Hall–Kier alpha value is -0.770. The number of rotatable bonds is 5. The van der Waals surface area contributed by atoms with Gasteiger partial charge in [-0.2, -0.15) is 0 Å². The Bertz CT molecular complexity index is 109. The zero-order valence-corrected chi connectivity index (χ0v) is 6.87. The monoisotopic (exact) mass is 162 g/mol. The molecule has 0 rings (SSSR count). The SMILES string of the molecule is CCC(CCOC(=O)O)OC. The standard InChI is InChI=1S/C7H14O4/c1-3-6(10-2)4-5-11-7(8)9/h6H,3-5H2,1-2H3,(H,8,9). The molecule has 1 atom stereocenters. The van der Waals surface area contributed by atoms with E-state index >= 15 is 0 Å². The molecule has 0 aromatic heterocycles. The van der Waals surface area contributed by atoms with Gasteiger partial charge in [-0.1, -0.05) is 6.92 Å². The minimum absolute atomic E-state index is 0.106. The maximum absolute atomic E-state index is 9.89. The first kappa shape index (κ1) is 10.2. The van der Waals surface area contributed by atoms with E-state index in [1.54, 1.807) is 7.11 Å². The van der Waals surface area contributed by atoms with E-state index in [1.165, 1.54) is 0 Å². The van der Waals surface area contributed by atoms with Crippen molar-refractivity contribution in [2.75, 3.05) is 13.7 Å². The quantitative estimate of drug-likeness (QED) is 0.622. The molecule has 66 valence electrons. The van der Waals surface area contributed by atoms with Crippen LogP contribution >= 0.6 is 0 Å². The fourth-order valence-electron chi connectivity index (χ4n) is 0.766. The van der Waals surface area contributed by atoms with Gasteiger partial charge in [0, 0.05) is 13.5 Å². The first-order valence-electron chi connectivity index (χ1n) is 3.59. The summed E-state index contributed by atoms with van der Waals surface area (Å²) < 4.78 is 9.32. The summed E-state index contributed by atoms with van der Waals surface area (Å²) in [5, 5.41) is 8.11. The van der Waals surface area contributed by atoms with Gasteiger partial charge < -0.3 is 14.6 Å². The minimum Gasteiger partial charge on any atom is -0.450 e. The van der Waals surface area contributed by atoms with Gasteiger partial charge >= 0.3 is 6.16 Å². The van der Waals surface area contributed by atoms with Crippen molar-refractivity contribution >= 4 is 6.16 Å². The van der Waals surface area contributed by atoms with E-state index in [1.807, 2.05) is 6.92 Å². The van der Waals surface area contributed by atoms with Gasteiger partial charge in [-0.15, -0.1) is 0 Å². The van der Waals surface area contributed by atoms with Gasteiger partial charge in [0.2, 0.25) is 0 Å². The van der Waals surface area contributed by atoms with Gasteiger partial charge in [-0.05, 0) is 6.42 Å². The third-order valence-electron chi connectivity index (χ3n) is 1.45. The number of methoxy groups -OCH3 is 1. The van der Waals surface area contributed by atoms with Crippen LogP contribution in [0.4, 0.5) is 4.79 Å².